The number of aliphatic carboxylic acids is 1. The third-order valence-electron chi connectivity index (χ3n) is 4.83. The minimum Gasteiger partial charge on any atom is -0.480 e. The van der Waals surface area contributed by atoms with E-state index in [0.29, 0.717) is 25.7 Å². The van der Waals surface area contributed by atoms with Crippen LogP contribution in [0.3, 0.4) is 0 Å². The van der Waals surface area contributed by atoms with Crippen molar-refractivity contribution < 1.29 is 28.4 Å². The van der Waals surface area contributed by atoms with Gasteiger partial charge in [0.1, 0.15) is 5.54 Å². The molecule has 138 valence electrons. The van der Waals surface area contributed by atoms with Crippen LogP contribution in [-0.2, 0) is 15.0 Å². The van der Waals surface area contributed by atoms with E-state index in [2.05, 4.69) is 4.72 Å². The molecule has 2 fully saturated rings. The molecule has 0 radical (unpaired) electrons. The standard InChI is InChI=1S/C12H25BN4O6S/c14-9-4-10(5-9)16-24(22,23)17-6-8(2-1-3-13(20)21)12(15,7-17)11(18)19/h8-10,16,20-21H,1-7,14-15H2,(H,18,19)/t8-,9?,10?,12-/m0/s1. The Morgan fingerprint density at radius 3 is 2.50 bits per heavy atom. The number of nitrogens with one attached hydrogen (secondary N) is 1. The summed E-state index contributed by atoms with van der Waals surface area (Å²) in [5, 5.41) is 27.2. The summed E-state index contributed by atoms with van der Waals surface area (Å²) < 4.78 is 28.4. The van der Waals surface area contributed by atoms with Gasteiger partial charge in [0.2, 0.25) is 0 Å². The van der Waals surface area contributed by atoms with Crippen molar-refractivity contribution in [2.75, 3.05) is 13.1 Å². The first-order chi connectivity index (χ1) is 11.0. The lowest BCUT2D eigenvalue weighted by molar-refractivity contribution is -0.144. The lowest BCUT2D eigenvalue weighted by Gasteiger charge is -2.34. The van der Waals surface area contributed by atoms with E-state index < -0.39 is 34.8 Å². The van der Waals surface area contributed by atoms with Crippen molar-refractivity contribution in [2.24, 2.45) is 17.4 Å². The normalized spacial score (nSPS) is 34.1. The Bertz CT molecular complexity index is 570. The summed E-state index contributed by atoms with van der Waals surface area (Å²) in [4.78, 5) is 11.6. The van der Waals surface area contributed by atoms with Crippen LogP contribution in [0.15, 0.2) is 0 Å². The zero-order valence-corrected chi connectivity index (χ0v) is 14.2. The number of carboxylic acid groups (broad SMARTS) is 1. The summed E-state index contributed by atoms with van der Waals surface area (Å²) in [5.41, 5.74) is 9.92. The second-order valence-corrected chi connectivity index (χ2v) is 8.50. The van der Waals surface area contributed by atoms with Gasteiger partial charge in [0.05, 0.1) is 0 Å². The lowest BCUT2D eigenvalue weighted by atomic mass is 9.78. The van der Waals surface area contributed by atoms with Crippen LogP contribution in [-0.4, -0.2) is 71.7 Å². The quantitative estimate of drug-likeness (QED) is 0.251. The second kappa shape index (κ2) is 7.24. The molecule has 12 heteroatoms. The van der Waals surface area contributed by atoms with Crippen molar-refractivity contribution in [1.29, 1.82) is 0 Å². The fourth-order valence-electron chi connectivity index (χ4n) is 3.26. The average molecular weight is 364 g/mol. The van der Waals surface area contributed by atoms with Gasteiger partial charge in [0.25, 0.3) is 10.2 Å². The van der Waals surface area contributed by atoms with E-state index in [-0.39, 0.29) is 31.5 Å². The zero-order valence-electron chi connectivity index (χ0n) is 13.3. The molecule has 2 aliphatic rings. The highest BCUT2D eigenvalue weighted by Gasteiger charge is 2.52. The molecular formula is C12H25BN4O6S. The molecule has 24 heavy (non-hydrogen) atoms. The van der Waals surface area contributed by atoms with Gasteiger partial charge in [-0.3, -0.25) is 4.79 Å². The molecule has 10 nitrogen and oxygen atoms in total. The summed E-state index contributed by atoms with van der Waals surface area (Å²) in [6, 6.07) is -0.243. The molecule has 1 aliphatic carbocycles. The highest BCUT2D eigenvalue weighted by atomic mass is 32.2. The predicted octanol–water partition coefficient (Wildman–Crippen LogP) is -2.72. The third kappa shape index (κ3) is 4.25. The van der Waals surface area contributed by atoms with E-state index in [4.69, 9.17) is 21.5 Å². The number of carbonyl (C=O) groups is 1. The summed E-state index contributed by atoms with van der Waals surface area (Å²) in [6.45, 7) is -0.332. The van der Waals surface area contributed by atoms with Gasteiger partial charge in [0, 0.05) is 31.1 Å². The van der Waals surface area contributed by atoms with Crippen LogP contribution < -0.4 is 16.2 Å². The van der Waals surface area contributed by atoms with E-state index in [9.17, 15) is 18.3 Å². The summed E-state index contributed by atoms with van der Waals surface area (Å²) >= 11 is 0. The van der Waals surface area contributed by atoms with Crippen LogP contribution in [0.25, 0.3) is 0 Å². The number of hydrogen-bond acceptors (Lipinski definition) is 7. The van der Waals surface area contributed by atoms with Crippen LogP contribution in [0, 0.1) is 5.92 Å². The lowest BCUT2D eigenvalue weighted by Crippen LogP contribution is -2.56. The van der Waals surface area contributed by atoms with Gasteiger partial charge >= 0.3 is 13.1 Å². The van der Waals surface area contributed by atoms with Crippen LogP contribution in [0.2, 0.25) is 6.32 Å². The van der Waals surface area contributed by atoms with E-state index in [1.807, 2.05) is 0 Å². The molecule has 0 amide bonds. The minimum absolute atomic E-state index is 0.0124. The maximum absolute atomic E-state index is 12.4. The van der Waals surface area contributed by atoms with Gasteiger partial charge in [-0.15, -0.1) is 0 Å². The van der Waals surface area contributed by atoms with E-state index in [0.717, 1.165) is 4.31 Å². The monoisotopic (exact) mass is 364 g/mol. The average Bonchev–Trinajstić information content (AvgIpc) is 2.76. The summed E-state index contributed by atoms with van der Waals surface area (Å²) in [5.74, 6) is -1.87. The maximum atomic E-state index is 12.4. The molecular weight excluding hydrogens is 339 g/mol. The first-order valence-corrected chi connectivity index (χ1v) is 9.40. The van der Waals surface area contributed by atoms with Crippen LogP contribution in [0.5, 0.6) is 0 Å². The molecule has 0 unspecified atom stereocenters. The van der Waals surface area contributed by atoms with Crippen LogP contribution in [0.4, 0.5) is 0 Å². The van der Waals surface area contributed by atoms with Gasteiger partial charge in [-0.2, -0.15) is 17.4 Å². The molecule has 1 aliphatic heterocycles. The Hall–Kier alpha value is -0.755. The first-order valence-electron chi connectivity index (χ1n) is 7.96. The number of carboxylic acids is 1. The van der Waals surface area contributed by atoms with Gasteiger partial charge in [-0.1, -0.05) is 6.42 Å². The third-order valence-corrected chi connectivity index (χ3v) is 6.42. The molecule has 1 saturated heterocycles. The summed E-state index contributed by atoms with van der Waals surface area (Å²) in [7, 11) is -5.32. The molecule has 0 spiro atoms. The smallest absolute Gasteiger partial charge is 0.451 e. The topological polar surface area (TPSA) is 179 Å². The van der Waals surface area contributed by atoms with Gasteiger partial charge in [-0.25, -0.2) is 0 Å². The van der Waals surface area contributed by atoms with Gasteiger partial charge < -0.3 is 26.6 Å². The van der Waals surface area contributed by atoms with E-state index in [1.54, 1.807) is 0 Å². The van der Waals surface area contributed by atoms with Crippen molar-refractivity contribution in [2.45, 2.75) is 49.6 Å². The first kappa shape index (κ1) is 19.6. The SMILES string of the molecule is NC1CC(NS(=O)(=O)N2C[C@H](CCCB(O)O)[C@](N)(C(=O)O)C2)C1. The van der Waals surface area contributed by atoms with Crippen LogP contribution >= 0.6 is 0 Å². The molecule has 1 heterocycles. The van der Waals surface area contributed by atoms with Crippen molar-refractivity contribution in [3.05, 3.63) is 0 Å². The number of nitrogens with zero attached hydrogens (tertiary/aromatic N) is 1. The summed E-state index contributed by atoms with van der Waals surface area (Å²) in [6.07, 6.45) is 1.82. The highest BCUT2D eigenvalue weighted by molar-refractivity contribution is 7.87. The Kier molecular flexibility index (Phi) is 5.90. The number of rotatable bonds is 8. The Labute approximate surface area is 141 Å². The number of hydrogen-bond donors (Lipinski definition) is 6. The molecule has 0 aromatic rings. The Balaban J connectivity index is 2.03. The molecule has 0 bridgehead atoms. The fraction of sp³-hybridized carbons (Fsp3) is 0.917. The largest absolute Gasteiger partial charge is 0.480 e. The fourth-order valence-corrected chi connectivity index (χ4v) is 4.78. The Morgan fingerprint density at radius 2 is 2.00 bits per heavy atom. The molecule has 1 saturated carbocycles. The van der Waals surface area contributed by atoms with Gasteiger partial charge in [-0.05, 0) is 25.6 Å². The van der Waals surface area contributed by atoms with E-state index >= 15 is 0 Å². The molecule has 0 aromatic carbocycles. The molecule has 2 rings (SSSR count). The van der Waals surface area contributed by atoms with Crippen molar-refractivity contribution in [3.63, 3.8) is 0 Å². The van der Waals surface area contributed by atoms with Crippen molar-refractivity contribution >= 4 is 23.3 Å². The highest BCUT2D eigenvalue weighted by Crippen LogP contribution is 2.32. The van der Waals surface area contributed by atoms with Crippen molar-refractivity contribution in [1.82, 2.24) is 9.03 Å². The maximum Gasteiger partial charge on any atom is 0.451 e. The second-order valence-electron chi connectivity index (χ2n) is 6.80. The zero-order chi connectivity index (χ0) is 18.1. The number of nitrogens with two attached hydrogens (primary N) is 2. The molecule has 2 atom stereocenters. The van der Waals surface area contributed by atoms with Gasteiger partial charge in [0.15, 0.2) is 0 Å². The van der Waals surface area contributed by atoms with Crippen LogP contribution in [0.1, 0.15) is 25.7 Å². The van der Waals surface area contributed by atoms with Crippen molar-refractivity contribution in [3.8, 4) is 0 Å². The van der Waals surface area contributed by atoms with E-state index in [1.165, 1.54) is 0 Å². The Morgan fingerprint density at radius 1 is 1.38 bits per heavy atom. The molecule has 8 N–H and O–H groups in total. The predicted molar refractivity (Wildman–Crippen MR) is 86.9 cm³/mol. The minimum atomic E-state index is -3.84. The molecule has 0 aromatic heterocycles.